The van der Waals surface area contributed by atoms with Gasteiger partial charge in [-0.2, -0.15) is 0 Å². The van der Waals surface area contributed by atoms with Gasteiger partial charge in [0.05, 0.1) is 7.11 Å². The lowest BCUT2D eigenvalue weighted by molar-refractivity contribution is 0.412. The van der Waals surface area contributed by atoms with Crippen LogP contribution < -0.4 is 10.1 Å². The number of halogens is 2. The lowest BCUT2D eigenvalue weighted by Crippen LogP contribution is -2.33. The molecule has 4 rings (SSSR count). The number of hydrogen-bond donors (Lipinski definition) is 2. The summed E-state index contributed by atoms with van der Waals surface area (Å²) >= 11 is 12.6. The highest BCUT2D eigenvalue weighted by molar-refractivity contribution is 6.31. The summed E-state index contributed by atoms with van der Waals surface area (Å²) in [6.45, 7) is 0. The molecule has 0 saturated carbocycles. The number of nitrogens with zero attached hydrogens (tertiary/aromatic N) is 1. The van der Waals surface area contributed by atoms with E-state index in [-0.39, 0.29) is 18.0 Å². The molecule has 2 N–H and O–H groups in total. The van der Waals surface area contributed by atoms with Crippen LogP contribution in [0.25, 0.3) is 0 Å². The van der Waals surface area contributed by atoms with E-state index in [1.165, 1.54) is 0 Å². The number of phenols is 1. The minimum absolute atomic E-state index is 0.176. The fourth-order valence-electron chi connectivity index (χ4n) is 3.52. The summed E-state index contributed by atoms with van der Waals surface area (Å²) in [5.41, 5.74) is 3.53. The highest BCUT2D eigenvalue weighted by Crippen LogP contribution is 2.37. The summed E-state index contributed by atoms with van der Waals surface area (Å²) < 4.78 is 5.26. The average Bonchev–Trinajstić information content (AvgIpc) is 2.75. The molecule has 0 aromatic heterocycles. The van der Waals surface area contributed by atoms with E-state index in [9.17, 15) is 5.11 Å². The lowest BCUT2D eigenvalue weighted by Gasteiger charge is -2.31. The van der Waals surface area contributed by atoms with Crippen molar-refractivity contribution in [3.63, 3.8) is 0 Å². The molecule has 0 radical (unpaired) electrons. The van der Waals surface area contributed by atoms with Crippen LogP contribution >= 0.6 is 23.2 Å². The van der Waals surface area contributed by atoms with E-state index in [1.807, 2.05) is 48.5 Å². The first-order chi connectivity index (χ1) is 14.0. The Morgan fingerprint density at radius 2 is 1.76 bits per heavy atom. The minimum Gasteiger partial charge on any atom is -0.508 e. The summed E-state index contributed by atoms with van der Waals surface area (Å²) in [7, 11) is 1.64. The summed E-state index contributed by atoms with van der Waals surface area (Å²) in [4.78, 5) is 4.93. The number of hydrogen-bond acceptors (Lipinski definition) is 4. The zero-order chi connectivity index (χ0) is 20.4. The molecule has 1 aliphatic heterocycles. The largest absolute Gasteiger partial charge is 0.508 e. The fraction of sp³-hybridized carbons (Fsp3) is 0.174. The number of aliphatic imine (C=N–C) groups is 1. The van der Waals surface area contributed by atoms with Gasteiger partial charge in [0.2, 0.25) is 0 Å². The van der Waals surface area contributed by atoms with Gasteiger partial charge >= 0.3 is 0 Å². The van der Waals surface area contributed by atoms with Gasteiger partial charge in [-0.1, -0.05) is 41.4 Å². The zero-order valence-electron chi connectivity index (χ0n) is 15.8. The fourth-order valence-corrected chi connectivity index (χ4v) is 3.94. The van der Waals surface area contributed by atoms with Crippen LogP contribution in [0, 0.1) is 0 Å². The average molecular weight is 427 g/mol. The van der Waals surface area contributed by atoms with Crippen LogP contribution in [0.2, 0.25) is 10.0 Å². The van der Waals surface area contributed by atoms with Crippen molar-refractivity contribution in [2.75, 3.05) is 7.11 Å². The third-order valence-electron chi connectivity index (χ3n) is 5.03. The highest BCUT2D eigenvalue weighted by Gasteiger charge is 2.28. The summed E-state index contributed by atoms with van der Waals surface area (Å²) in [6, 6.07) is 20.3. The standard InChI is InChI=1S/C23H20Cl2N2O2/c1-29-16-9-6-14(7-10-16)20-13-21(18-12-15(24)8-11-22(18)28)27-23(26-20)17-4-2-3-5-19(17)25/h2-12,21,23,27-28H,13H2,1H3/t21-,23-/m1/s1. The predicted octanol–water partition coefficient (Wildman–Crippen LogP) is 5.93. The molecule has 0 amide bonds. The quantitative estimate of drug-likeness (QED) is 0.543. The van der Waals surface area contributed by atoms with Crippen molar-refractivity contribution in [2.45, 2.75) is 18.6 Å². The topological polar surface area (TPSA) is 53.8 Å². The van der Waals surface area contributed by atoms with Crippen molar-refractivity contribution in [1.29, 1.82) is 0 Å². The van der Waals surface area contributed by atoms with Gasteiger partial charge in [0, 0.05) is 39.3 Å². The van der Waals surface area contributed by atoms with Gasteiger partial charge in [-0.3, -0.25) is 10.3 Å². The van der Waals surface area contributed by atoms with Gasteiger partial charge in [0.25, 0.3) is 0 Å². The molecule has 0 aliphatic carbocycles. The molecule has 0 spiro atoms. The molecule has 6 heteroatoms. The van der Waals surface area contributed by atoms with E-state index in [1.54, 1.807) is 25.3 Å². The number of rotatable bonds is 4. The van der Waals surface area contributed by atoms with E-state index in [2.05, 4.69) is 5.32 Å². The molecule has 148 valence electrons. The van der Waals surface area contributed by atoms with Crippen LogP contribution in [0.3, 0.4) is 0 Å². The maximum Gasteiger partial charge on any atom is 0.127 e. The van der Waals surface area contributed by atoms with Crippen molar-refractivity contribution >= 4 is 28.9 Å². The molecule has 1 heterocycles. The van der Waals surface area contributed by atoms with Crippen molar-refractivity contribution in [3.05, 3.63) is 93.5 Å². The van der Waals surface area contributed by atoms with Gasteiger partial charge < -0.3 is 9.84 Å². The maximum atomic E-state index is 10.4. The third-order valence-corrected chi connectivity index (χ3v) is 5.61. The van der Waals surface area contributed by atoms with E-state index < -0.39 is 0 Å². The Morgan fingerprint density at radius 3 is 2.48 bits per heavy atom. The molecule has 0 bridgehead atoms. The Bertz CT molecular complexity index is 1050. The Kier molecular flexibility index (Phi) is 5.76. The van der Waals surface area contributed by atoms with Gasteiger partial charge in [0.15, 0.2) is 0 Å². The number of ether oxygens (including phenoxy) is 1. The molecule has 0 saturated heterocycles. The molecule has 29 heavy (non-hydrogen) atoms. The van der Waals surface area contributed by atoms with Crippen LogP contribution in [-0.4, -0.2) is 17.9 Å². The molecular weight excluding hydrogens is 407 g/mol. The Hall–Kier alpha value is -2.53. The molecule has 3 aromatic carbocycles. The van der Waals surface area contributed by atoms with Crippen molar-refractivity contribution < 1.29 is 9.84 Å². The first-order valence-electron chi connectivity index (χ1n) is 9.25. The van der Waals surface area contributed by atoms with E-state index in [0.717, 1.165) is 28.2 Å². The SMILES string of the molecule is COc1ccc(C2=N[C@@H](c3ccccc3Cl)N[C@@H](c3cc(Cl)ccc3O)C2)cc1. The van der Waals surface area contributed by atoms with Gasteiger partial charge in [-0.25, -0.2) is 0 Å². The van der Waals surface area contributed by atoms with Crippen LogP contribution in [0.1, 0.15) is 35.3 Å². The first kappa shape index (κ1) is 19.8. The maximum absolute atomic E-state index is 10.4. The number of nitrogens with one attached hydrogen (secondary N) is 1. The van der Waals surface area contributed by atoms with Crippen LogP contribution in [-0.2, 0) is 0 Å². The zero-order valence-corrected chi connectivity index (χ0v) is 17.3. The predicted molar refractivity (Wildman–Crippen MR) is 117 cm³/mol. The molecule has 0 fully saturated rings. The third kappa shape index (κ3) is 4.25. The van der Waals surface area contributed by atoms with E-state index in [0.29, 0.717) is 16.5 Å². The molecule has 3 aromatic rings. The highest BCUT2D eigenvalue weighted by atomic mass is 35.5. The molecule has 4 nitrogen and oxygen atoms in total. The first-order valence-corrected chi connectivity index (χ1v) is 10.0. The number of benzene rings is 3. The normalized spacial score (nSPS) is 18.9. The second kappa shape index (κ2) is 8.46. The Labute approximate surface area is 179 Å². The van der Waals surface area contributed by atoms with Crippen LogP contribution in [0.4, 0.5) is 0 Å². The van der Waals surface area contributed by atoms with E-state index in [4.69, 9.17) is 32.9 Å². The van der Waals surface area contributed by atoms with E-state index >= 15 is 0 Å². The molecule has 2 atom stereocenters. The van der Waals surface area contributed by atoms with Crippen molar-refractivity contribution in [3.8, 4) is 11.5 Å². The summed E-state index contributed by atoms with van der Waals surface area (Å²) in [6.07, 6.45) is 0.249. The summed E-state index contributed by atoms with van der Waals surface area (Å²) in [5.74, 6) is 0.982. The van der Waals surface area contributed by atoms with Gasteiger partial charge in [0.1, 0.15) is 17.7 Å². The minimum atomic E-state index is -0.349. The van der Waals surface area contributed by atoms with Crippen LogP contribution in [0.15, 0.2) is 71.7 Å². The molecule has 0 unspecified atom stereocenters. The lowest BCUT2D eigenvalue weighted by atomic mass is 9.93. The van der Waals surface area contributed by atoms with Crippen molar-refractivity contribution in [1.82, 2.24) is 5.32 Å². The number of methoxy groups -OCH3 is 1. The molecular formula is C23H20Cl2N2O2. The second-order valence-electron chi connectivity index (χ2n) is 6.85. The number of aromatic hydroxyl groups is 1. The Morgan fingerprint density at radius 1 is 1.00 bits per heavy atom. The van der Waals surface area contributed by atoms with Crippen molar-refractivity contribution in [2.24, 2.45) is 4.99 Å². The Balaban J connectivity index is 1.77. The van der Waals surface area contributed by atoms with Gasteiger partial charge in [-0.15, -0.1) is 0 Å². The smallest absolute Gasteiger partial charge is 0.127 e. The molecule has 1 aliphatic rings. The second-order valence-corrected chi connectivity index (χ2v) is 7.70. The van der Waals surface area contributed by atoms with Gasteiger partial charge in [-0.05, 0) is 54.1 Å². The monoisotopic (exact) mass is 426 g/mol. The van der Waals surface area contributed by atoms with Crippen LogP contribution in [0.5, 0.6) is 11.5 Å². The number of phenolic OH excluding ortho intramolecular Hbond substituents is 1. The summed E-state index contributed by atoms with van der Waals surface area (Å²) in [5, 5.41) is 15.2.